The number of aliphatic carboxylic acids is 1. The van der Waals surface area contributed by atoms with Gasteiger partial charge in [-0.15, -0.1) is 0 Å². The van der Waals surface area contributed by atoms with Crippen LogP contribution in [-0.2, 0) is 19.1 Å². The summed E-state index contributed by atoms with van der Waals surface area (Å²) >= 11 is 0. The lowest BCUT2D eigenvalue weighted by Gasteiger charge is -2.44. The molecule has 0 aliphatic carbocycles. The molecule has 0 aromatic carbocycles. The highest BCUT2D eigenvalue weighted by atomic mass is 16.6. The number of likely N-dealkylation sites (N-methyl/N-ethyl adjacent to an activating group) is 1. The second-order valence-electron chi connectivity index (χ2n) is 9.18. The summed E-state index contributed by atoms with van der Waals surface area (Å²) in [5.41, 5.74) is 0.977. The lowest BCUT2D eigenvalue weighted by atomic mass is 9.82. The van der Waals surface area contributed by atoms with E-state index in [9.17, 15) is 29.4 Å². The van der Waals surface area contributed by atoms with Crippen LogP contribution in [0.4, 0.5) is 9.59 Å². The first-order valence-corrected chi connectivity index (χ1v) is 11.7. The molecule has 11 heteroatoms. The number of hydrogen-bond acceptors (Lipinski definition) is 7. The molecule has 0 unspecified atom stereocenters. The van der Waals surface area contributed by atoms with Crippen molar-refractivity contribution in [3.8, 4) is 0 Å². The molecule has 2 fully saturated rings. The van der Waals surface area contributed by atoms with Crippen molar-refractivity contribution in [2.75, 3.05) is 26.8 Å². The third-order valence-electron chi connectivity index (χ3n) is 6.89. The minimum absolute atomic E-state index is 0.0143. The zero-order chi connectivity index (χ0) is 26.7. The molecule has 3 heterocycles. The van der Waals surface area contributed by atoms with Crippen LogP contribution < -0.4 is 0 Å². The van der Waals surface area contributed by atoms with Crippen molar-refractivity contribution in [3.63, 3.8) is 0 Å². The summed E-state index contributed by atoms with van der Waals surface area (Å²) in [6, 6.07) is -1.29. The van der Waals surface area contributed by atoms with Gasteiger partial charge in [0, 0.05) is 13.6 Å². The molecule has 2 saturated heterocycles. The van der Waals surface area contributed by atoms with E-state index in [1.54, 1.807) is 20.0 Å². The SMILES string of the molecule is C=CCOC(=O)N(C)[C@H]1C[C@@H](C=C(C)C2=C(C(=O)O)N3C(=O)[C@H]([C@@H](C)O)[C@H]3C2)N(C(=O)OCC=C)C1. The Morgan fingerprint density at radius 3 is 2.44 bits per heavy atom. The van der Waals surface area contributed by atoms with Crippen molar-refractivity contribution in [3.05, 3.63) is 48.2 Å². The van der Waals surface area contributed by atoms with Crippen LogP contribution in [-0.4, -0.2) is 100 Å². The van der Waals surface area contributed by atoms with Crippen molar-refractivity contribution in [2.45, 2.75) is 50.9 Å². The van der Waals surface area contributed by atoms with Crippen molar-refractivity contribution in [1.29, 1.82) is 0 Å². The van der Waals surface area contributed by atoms with Gasteiger partial charge in [0.1, 0.15) is 18.9 Å². The van der Waals surface area contributed by atoms with E-state index in [1.165, 1.54) is 33.8 Å². The largest absolute Gasteiger partial charge is 0.477 e. The van der Waals surface area contributed by atoms with Crippen molar-refractivity contribution < 1.29 is 38.9 Å². The molecule has 3 amide bonds. The molecule has 3 aliphatic rings. The average Bonchev–Trinajstić information content (AvgIpc) is 3.39. The van der Waals surface area contributed by atoms with E-state index in [0.29, 0.717) is 17.6 Å². The molecule has 5 atom stereocenters. The molecule has 0 radical (unpaired) electrons. The van der Waals surface area contributed by atoms with Gasteiger partial charge in [0.15, 0.2) is 0 Å². The molecule has 196 valence electrons. The predicted octanol–water partition coefficient (Wildman–Crippen LogP) is 1.90. The summed E-state index contributed by atoms with van der Waals surface area (Å²) in [7, 11) is 1.58. The number of fused-ring (bicyclic) bond motifs is 1. The summed E-state index contributed by atoms with van der Waals surface area (Å²) < 4.78 is 10.3. The molecule has 11 nitrogen and oxygen atoms in total. The number of carboxylic acid groups (broad SMARTS) is 1. The minimum atomic E-state index is -1.23. The highest BCUT2D eigenvalue weighted by Gasteiger charge is 2.56. The van der Waals surface area contributed by atoms with Crippen LogP contribution in [0.3, 0.4) is 0 Å². The number of β-lactam (4-membered cyclic amide) rings is 1. The van der Waals surface area contributed by atoms with E-state index in [0.717, 1.165) is 0 Å². The zero-order valence-corrected chi connectivity index (χ0v) is 20.8. The first-order chi connectivity index (χ1) is 17.0. The van der Waals surface area contributed by atoms with E-state index < -0.39 is 48.2 Å². The number of carbonyl (C=O) groups excluding carboxylic acids is 3. The fraction of sp³-hybridized carbons (Fsp3) is 0.520. The van der Waals surface area contributed by atoms with Crippen LogP contribution in [0.15, 0.2) is 48.2 Å². The number of likely N-dealkylation sites (tertiary alicyclic amines) is 1. The van der Waals surface area contributed by atoms with Crippen LogP contribution in [0, 0.1) is 5.92 Å². The van der Waals surface area contributed by atoms with Gasteiger partial charge in [0.25, 0.3) is 0 Å². The van der Waals surface area contributed by atoms with Crippen LogP contribution in [0.1, 0.15) is 26.7 Å². The highest BCUT2D eigenvalue weighted by molar-refractivity contribution is 6.00. The molecular weight excluding hydrogens is 470 g/mol. The van der Waals surface area contributed by atoms with Crippen molar-refractivity contribution >= 4 is 24.1 Å². The van der Waals surface area contributed by atoms with Gasteiger partial charge < -0.3 is 29.5 Å². The van der Waals surface area contributed by atoms with Crippen LogP contribution >= 0.6 is 0 Å². The Balaban J connectivity index is 1.88. The first-order valence-electron chi connectivity index (χ1n) is 11.7. The quantitative estimate of drug-likeness (QED) is 0.360. The number of carbonyl (C=O) groups is 4. The maximum Gasteiger partial charge on any atom is 0.410 e. The summed E-state index contributed by atoms with van der Waals surface area (Å²) in [5, 5.41) is 19.8. The second kappa shape index (κ2) is 11.0. The number of carboxylic acids is 1. The molecule has 0 bridgehead atoms. The summed E-state index contributed by atoms with van der Waals surface area (Å²) in [6.45, 7) is 10.6. The number of amides is 3. The van der Waals surface area contributed by atoms with Gasteiger partial charge in [0.05, 0.1) is 30.1 Å². The van der Waals surface area contributed by atoms with Gasteiger partial charge in [-0.1, -0.05) is 31.4 Å². The fourth-order valence-corrected chi connectivity index (χ4v) is 5.10. The topological polar surface area (TPSA) is 137 Å². The molecule has 3 rings (SSSR count). The van der Waals surface area contributed by atoms with Gasteiger partial charge in [0.2, 0.25) is 5.91 Å². The number of hydrogen-bond donors (Lipinski definition) is 2. The van der Waals surface area contributed by atoms with Gasteiger partial charge >= 0.3 is 18.2 Å². The molecule has 2 N–H and O–H groups in total. The standard InChI is InChI=1S/C25H33N3O8/c1-6-8-35-24(33)26(5)17-11-16(27(13-17)25(34)36-9-7-2)10-14(3)18-12-19-20(15(4)29)22(30)28(19)21(18)23(31)32/h6-7,10,15-17,19-20,29H,1-2,8-9,11-13H2,3-5H3,(H,31,32)/t15-,16-,17+,19-,20-/m1/s1. The van der Waals surface area contributed by atoms with Gasteiger partial charge in [-0.05, 0) is 37.8 Å². The third kappa shape index (κ3) is 5.01. The number of aliphatic hydroxyl groups is 1. The first kappa shape index (κ1) is 27.0. The van der Waals surface area contributed by atoms with E-state index in [2.05, 4.69) is 13.2 Å². The monoisotopic (exact) mass is 503 g/mol. The van der Waals surface area contributed by atoms with Crippen molar-refractivity contribution in [1.82, 2.24) is 14.7 Å². The number of rotatable bonds is 9. The van der Waals surface area contributed by atoms with E-state index >= 15 is 0 Å². The van der Waals surface area contributed by atoms with E-state index in [4.69, 9.17) is 9.47 Å². The highest BCUT2D eigenvalue weighted by Crippen LogP contribution is 2.45. The maximum atomic E-state index is 12.8. The molecule has 0 saturated carbocycles. The molecule has 0 aromatic rings. The lowest BCUT2D eigenvalue weighted by Crippen LogP contribution is -2.61. The maximum absolute atomic E-state index is 12.8. The van der Waals surface area contributed by atoms with E-state index in [-0.39, 0.29) is 37.9 Å². The summed E-state index contributed by atoms with van der Waals surface area (Å²) in [4.78, 5) is 53.8. The predicted molar refractivity (Wildman–Crippen MR) is 129 cm³/mol. The summed E-state index contributed by atoms with van der Waals surface area (Å²) in [5.74, 6) is -2.29. The van der Waals surface area contributed by atoms with E-state index in [1.807, 2.05) is 0 Å². The Labute approximate surface area is 209 Å². The molecule has 3 aliphatic heterocycles. The van der Waals surface area contributed by atoms with Gasteiger partial charge in [-0.25, -0.2) is 14.4 Å². The summed E-state index contributed by atoms with van der Waals surface area (Å²) in [6.07, 6.45) is 3.30. The van der Waals surface area contributed by atoms with Gasteiger partial charge in [-0.2, -0.15) is 0 Å². The van der Waals surface area contributed by atoms with Crippen molar-refractivity contribution in [2.24, 2.45) is 5.92 Å². The molecule has 0 aromatic heterocycles. The molecule has 36 heavy (non-hydrogen) atoms. The number of allylic oxidation sites excluding steroid dienone is 1. The lowest BCUT2D eigenvalue weighted by molar-refractivity contribution is -0.161. The normalized spacial score (nSPS) is 26.2. The zero-order valence-electron chi connectivity index (χ0n) is 20.8. The Bertz CT molecular complexity index is 1020. The second-order valence-corrected chi connectivity index (χ2v) is 9.18. The third-order valence-corrected chi connectivity index (χ3v) is 6.89. The molecule has 0 spiro atoms. The van der Waals surface area contributed by atoms with Gasteiger partial charge in [-0.3, -0.25) is 9.69 Å². The Morgan fingerprint density at radius 2 is 1.86 bits per heavy atom. The number of ether oxygens (including phenoxy) is 2. The smallest absolute Gasteiger partial charge is 0.410 e. The Morgan fingerprint density at radius 1 is 1.22 bits per heavy atom. The fourth-order valence-electron chi connectivity index (χ4n) is 5.10. The Kier molecular flexibility index (Phi) is 8.24. The van der Waals surface area contributed by atoms with Crippen LogP contribution in [0.5, 0.6) is 0 Å². The number of aliphatic hydroxyl groups excluding tert-OH is 1. The average molecular weight is 504 g/mol. The Hall–Kier alpha value is -3.60. The van der Waals surface area contributed by atoms with Crippen LogP contribution in [0.2, 0.25) is 0 Å². The van der Waals surface area contributed by atoms with Crippen LogP contribution in [0.25, 0.3) is 0 Å². The molecular formula is C25H33N3O8. The number of nitrogens with zero attached hydrogens (tertiary/aromatic N) is 3. The minimum Gasteiger partial charge on any atom is -0.477 e.